The van der Waals surface area contributed by atoms with E-state index in [1.54, 1.807) is 0 Å². The fourth-order valence-electron chi connectivity index (χ4n) is 3.27. The fourth-order valence-corrected chi connectivity index (χ4v) is 3.27. The van der Waals surface area contributed by atoms with Gasteiger partial charge in [0.25, 0.3) is 0 Å². The van der Waals surface area contributed by atoms with Crippen molar-refractivity contribution >= 4 is 11.0 Å². The number of nitrogens with two attached hydrogens (primary N) is 1. The van der Waals surface area contributed by atoms with E-state index in [0.717, 1.165) is 18.4 Å². The topological polar surface area (TPSA) is 43.8 Å². The first-order chi connectivity index (χ1) is 8.97. The summed E-state index contributed by atoms with van der Waals surface area (Å²) in [4.78, 5) is 4.90. The van der Waals surface area contributed by atoms with E-state index >= 15 is 0 Å². The van der Waals surface area contributed by atoms with Gasteiger partial charge in [0.1, 0.15) is 5.82 Å². The van der Waals surface area contributed by atoms with Gasteiger partial charge in [-0.3, -0.25) is 0 Å². The zero-order valence-corrected chi connectivity index (χ0v) is 12.1. The molecule has 1 heterocycles. The summed E-state index contributed by atoms with van der Waals surface area (Å²) >= 11 is 0. The van der Waals surface area contributed by atoms with Gasteiger partial charge < -0.3 is 10.3 Å². The fraction of sp³-hybridized carbons (Fsp3) is 0.562. The van der Waals surface area contributed by atoms with Crippen molar-refractivity contribution in [1.29, 1.82) is 0 Å². The SMILES string of the molecule is CC(C)(C)n1c(C2CCC(N)C2)nc2ccccc21. The Labute approximate surface area is 114 Å². The second-order valence-electron chi connectivity index (χ2n) is 6.74. The van der Waals surface area contributed by atoms with Crippen molar-refractivity contribution in [3.63, 3.8) is 0 Å². The van der Waals surface area contributed by atoms with Crippen LogP contribution in [-0.2, 0) is 5.54 Å². The molecular formula is C16H23N3. The van der Waals surface area contributed by atoms with Crippen LogP contribution in [0.3, 0.4) is 0 Å². The molecular weight excluding hydrogens is 234 g/mol. The third-order valence-electron chi connectivity index (χ3n) is 4.10. The first kappa shape index (κ1) is 12.7. The van der Waals surface area contributed by atoms with Crippen molar-refractivity contribution in [2.45, 2.75) is 57.5 Å². The molecule has 0 spiro atoms. The summed E-state index contributed by atoms with van der Waals surface area (Å²) in [5, 5.41) is 0. The molecule has 3 nitrogen and oxygen atoms in total. The second-order valence-corrected chi connectivity index (χ2v) is 6.74. The lowest BCUT2D eigenvalue weighted by atomic mass is 10.0. The van der Waals surface area contributed by atoms with Gasteiger partial charge in [-0.1, -0.05) is 12.1 Å². The van der Waals surface area contributed by atoms with E-state index in [1.807, 2.05) is 0 Å². The molecule has 3 heteroatoms. The Bertz CT molecular complexity index is 592. The van der Waals surface area contributed by atoms with Gasteiger partial charge in [0, 0.05) is 17.5 Å². The maximum Gasteiger partial charge on any atom is 0.113 e. The Morgan fingerprint density at radius 1 is 1.21 bits per heavy atom. The lowest BCUT2D eigenvalue weighted by Gasteiger charge is -2.26. The molecule has 2 aromatic rings. The number of nitrogens with zero attached hydrogens (tertiary/aromatic N) is 2. The third-order valence-corrected chi connectivity index (χ3v) is 4.10. The molecule has 1 aliphatic carbocycles. The molecule has 0 saturated heterocycles. The molecule has 3 rings (SSSR count). The van der Waals surface area contributed by atoms with Crippen LogP contribution in [0.25, 0.3) is 11.0 Å². The Hall–Kier alpha value is -1.35. The molecule has 2 unspecified atom stereocenters. The average Bonchev–Trinajstić information content (AvgIpc) is 2.90. The van der Waals surface area contributed by atoms with Crippen LogP contribution in [-0.4, -0.2) is 15.6 Å². The molecule has 19 heavy (non-hydrogen) atoms. The molecule has 2 N–H and O–H groups in total. The van der Waals surface area contributed by atoms with Crippen molar-refractivity contribution < 1.29 is 0 Å². The standard InChI is InChI=1S/C16H23N3/c1-16(2,3)19-14-7-5-4-6-13(14)18-15(19)11-8-9-12(17)10-11/h4-7,11-12H,8-10,17H2,1-3H3. The van der Waals surface area contributed by atoms with Crippen LogP contribution in [0.2, 0.25) is 0 Å². The molecule has 1 saturated carbocycles. The molecule has 0 radical (unpaired) electrons. The maximum atomic E-state index is 6.08. The highest BCUT2D eigenvalue weighted by molar-refractivity contribution is 5.76. The highest BCUT2D eigenvalue weighted by Gasteiger charge is 2.30. The van der Waals surface area contributed by atoms with Crippen molar-refractivity contribution in [2.24, 2.45) is 5.73 Å². The molecule has 0 aliphatic heterocycles. The van der Waals surface area contributed by atoms with Gasteiger partial charge in [-0.25, -0.2) is 4.98 Å². The van der Waals surface area contributed by atoms with Crippen LogP contribution in [0.4, 0.5) is 0 Å². The van der Waals surface area contributed by atoms with Crippen LogP contribution in [0.1, 0.15) is 51.8 Å². The van der Waals surface area contributed by atoms with Crippen LogP contribution >= 0.6 is 0 Å². The number of hydrogen-bond donors (Lipinski definition) is 1. The van der Waals surface area contributed by atoms with Gasteiger partial charge >= 0.3 is 0 Å². The predicted molar refractivity (Wildman–Crippen MR) is 79.3 cm³/mol. The zero-order chi connectivity index (χ0) is 13.6. The Morgan fingerprint density at radius 2 is 1.95 bits per heavy atom. The number of aromatic nitrogens is 2. The lowest BCUT2D eigenvalue weighted by molar-refractivity contribution is 0.382. The highest BCUT2D eigenvalue weighted by Crippen LogP contribution is 2.37. The van der Waals surface area contributed by atoms with Gasteiger partial charge in [0.05, 0.1) is 11.0 Å². The van der Waals surface area contributed by atoms with Crippen molar-refractivity contribution in [3.05, 3.63) is 30.1 Å². The number of para-hydroxylation sites is 2. The first-order valence-corrected chi connectivity index (χ1v) is 7.20. The molecule has 102 valence electrons. The number of fused-ring (bicyclic) bond motifs is 1. The van der Waals surface area contributed by atoms with Crippen LogP contribution < -0.4 is 5.73 Å². The van der Waals surface area contributed by atoms with Crippen LogP contribution in [0.5, 0.6) is 0 Å². The second kappa shape index (κ2) is 4.34. The molecule has 0 amide bonds. The number of rotatable bonds is 1. The molecule has 1 aromatic heterocycles. The number of hydrogen-bond acceptors (Lipinski definition) is 2. The zero-order valence-electron chi connectivity index (χ0n) is 12.1. The Morgan fingerprint density at radius 3 is 2.58 bits per heavy atom. The summed E-state index contributed by atoms with van der Waals surface area (Å²) in [6.07, 6.45) is 3.36. The smallest absolute Gasteiger partial charge is 0.113 e. The maximum absolute atomic E-state index is 6.08. The molecule has 1 aliphatic rings. The summed E-state index contributed by atoms with van der Waals surface area (Å²) in [7, 11) is 0. The third kappa shape index (κ3) is 2.16. The average molecular weight is 257 g/mol. The van der Waals surface area contributed by atoms with Crippen molar-refractivity contribution in [1.82, 2.24) is 9.55 Å². The summed E-state index contributed by atoms with van der Waals surface area (Å²) < 4.78 is 2.41. The highest BCUT2D eigenvalue weighted by atomic mass is 15.1. The lowest BCUT2D eigenvalue weighted by Crippen LogP contribution is -2.25. The molecule has 0 bridgehead atoms. The van der Waals surface area contributed by atoms with Gasteiger partial charge in [0.15, 0.2) is 0 Å². The van der Waals surface area contributed by atoms with Crippen molar-refractivity contribution in [2.75, 3.05) is 0 Å². The van der Waals surface area contributed by atoms with E-state index < -0.39 is 0 Å². The number of imidazole rings is 1. The van der Waals surface area contributed by atoms with E-state index in [-0.39, 0.29) is 5.54 Å². The van der Waals surface area contributed by atoms with Gasteiger partial charge in [-0.2, -0.15) is 0 Å². The molecule has 1 aromatic carbocycles. The molecule has 1 fully saturated rings. The van der Waals surface area contributed by atoms with Crippen LogP contribution in [0, 0.1) is 0 Å². The normalized spacial score (nSPS) is 24.2. The van der Waals surface area contributed by atoms with E-state index in [1.165, 1.54) is 17.8 Å². The Balaban J connectivity index is 2.18. The molecule has 2 atom stereocenters. The largest absolute Gasteiger partial charge is 0.328 e. The summed E-state index contributed by atoms with van der Waals surface area (Å²) in [6.45, 7) is 6.75. The first-order valence-electron chi connectivity index (χ1n) is 7.20. The van der Waals surface area contributed by atoms with E-state index in [0.29, 0.717) is 12.0 Å². The minimum Gasteiger partial charge on any atom is -0.328 e. The minimum absolute atomic E-state index is 0.0537. The monoisotopic (exact) mass is 257 g/mol. The minimum atomic E-state index is 0.0537. The van der Waals surface area contributed by atoms with Gasteiger partial charge in [-0.15, -0.1) is 0 Å². The number of benzene rings is 1. The van der Waals surface area contributed by atoms with Gasteiger partial charge in [-0.05, 0) is 52.2 Å². The van der Waals surface area contributed by atoms with Crippen molar-refractivity contribution in [3.8, 4) is 0 Å². The quantitative estimate of drug-likeness (QED) is 0.851. The summed E-state index contributed by atoms with van der Waals surface area (Å²) in [5.41, 5.74) is 8.48. The van der Waals surface area contributed by atoms with Gasteiger partial charge in [0.2, 0.25) is 0 Å². The Kier molecular flexibility index (Phi) is 2.90. The van der Waals surface area contributed by atoms with E-state index in [4.69, 9.17) is 10.7 Å². The predicted octanol–water partition coefficient (Wildman–Crippen LogP) is 3.39. The van der Waals surface area contributed by atoms with E-state index in [2.05, 4.69) is 49.6 Å². The van der Waals surface area contributed by atoms with Crippen LogP contribution in [0.15, 0.2) is 24.3 Å². The van der Waals surface area contributed by atoms with E-state index in [9.17, 15) is 0 Å². The summed E-state index contributed by atoms with van der Waals surface area (Å²) in [5.74, 6) is 1.74. The summed E-state index contributed by atoms with van der Waals surface area (Å²) in [6, 6.07) is 8.78.